The van der Waals surface area contributed by atoms with Gasteiger partial charge < -0.3 is 62.9 Å². The number of aliphatic hydroxyl groups excluding tert-OH is 2. The highest BCUT2D eigenvalue weighted by atomic mass is 35.5. The number of aliphatic hydroxyl groups is 3. The predicted octanol–water partition coefficient (Wildman–Crippen LogP) is 3.44. The number of likely N-dealkylation sites (N-methyl/N-ethyl adjacent to an activating group) is 1. The Balaban J connectivity index is 0.0000120. The van der Waals surface area contributed by atoms with Gasteiger partial charge in [-0.25, -0.2) is 0 Å². The summed E-state index contributed by atoms with van der Waals surface area (Å²) in [5.74, 6) is -2.82. The Labute approximate surface area is 355 Å². The van der Waals surface area contributed by atoms with Gasteiger partial charge in [-0.1, -0.05) is 45.1 Å². The fraction of sp³-hybridized carbons (Fsp3) is 0.810. The first-order valence-electron chi connectivity index (χ1n) is 20.4. The van der Waals surface area contributed by atoms with Crippen molar-refractivity contribution in [3.63, 3.8) is 0 Å². The van der Waals surface area contributed by atoms with E-state index in [0.717, 1.165) is 0 Å². The zero-order valence-electron chi connectivity index (χ0n) is 36.5. The minimum absolute atomic E-state index is 0. The molecule has 15 unspecified atom stereocenters. The van der Waals surface area contributed by atoms with Crippen LogP contribution in [0.3, 0.4) is 0 Å². The molecule has 0 aromatic carbocycles. The summed E-state index contributed by atoms with van der Waals surface area (Å²) < 4.78 is 48.6. The van der Waals surface area contributed by atoms with Crippen LogP contribution in [0.25, 0.3) is 0 Å². The molecule has 0 aromatic heterocycles. The van der Waals surface area contributed by atoms with E-state index in [2.05, 4.69) is 0 Å². The minimum Gasteiger partial charge on any atom is -0.462 e. The molecule has 3 aliphatic rings. The maximum Gasteiger partial charge on any atom is 0.309 e. The number of nitrogens with zero attached hydrogens (tertiary/aromatic N) is 1. The Morgan fingerprint density at radius 3 is 2.27 bits per heavy atom. The van der Waals surface area contributed by atoms with Crippen LogP contribution in [0.4, 0.5) is 0 Å². The second-order valence-electron chi connectivity index (χ2n) is 17.0. The Bertz CT molecular complexity index is 1390. The minimum atomic E-state index is -1.50. The average molecular weight is 864 g/mol. The third kappa shape index (κ3) is 15.4. The molecule has 3 rings (SSSR count). The SMILES string of the molecule is COC1C(OC(C)=O)CC(=O)OC(C)CC=CC=CC(O)C(C)CC(CC=O)C1OC1OC(C)C(OC2C[C@@](C)(O)C(OC(=O)CC(C)C)C(C)O2)C(N(C)C)C1O.Cl. The van der Waals surface area contributed by atoms with Crippen LogP contribution in [0, 0.1) is 17.8 Å². The van der Waals surface area contributed by atoms with Crippen molar-refractivity contribution < 1.29 is 72.4 Å². The quantitative estimate of drug-likeness (QED) is 0.146. The van der Waals surface area contributed by atoms with Crippen LogP contribution < -0.4 is 0 Å². The molecule has 17 heteroatoms. The molecule has 340 valence electrons. The summed E-state index contributed by atoms with van der Waals surface area (Å²) in [5.41, 5.74) is -1.50. The molecule has 0 aromatic rings. The largest absolute Gasteiger partial charge is 0.462 e. The topological polar surface area (TPSA) is 206 Å². The molecule has 0 bridgehead atoms. The molecule has 16 nitrogen and oxygen atoms in total. The van der Waals surface area contributed by atoms with Crippen LogP contribution in [-0.2, 0) is 57.1 Å². The Kier molecular flexibility index (Phi) is 21.6. The molecule has 0 spiro atoms. The number of cyclic esters (lactones) is 1. The molecule has 16 atom stereocenters. The highest BCUT2D eigenvalue weighted by Gasteiger charge is 2.53. The van der Waals surface area contributed by atoms with Gasteiger partial charge in [0.05, 0.1) is 36.9 Å². The molecule has 2 saturated heterocycles. The molecule has 0 aliphatic carbocycles. The number of hydrogen-bond donors (Lipinski definition) is 3. The first kappa shape index (κ1) is 52.6. The number of esters is 3. The fourth-order valence-electron chi connectivity index (χ4n) is 8.08. The molecule has 0 saturated carbocycles. The van der Waals surface area contributed by atoms with Gasteiger partial charge in [-0.3, -0.25) is 14.4 Å². The van der Waals surface area contributed by atoms with E-state index in [-0.39, 0.29) is 44.0 Å². The van der Waals surface area contributed by atoms with Gasteiger partial charge in [0.2, 0.25) is 0 Å². The van der Waals surface area contributed by atoms with Gasteiger partial charge in [-0.2, -0.15) is 0 Å². The summed E-state index contributed by atoms with van der Waals surface area (Å²) in [7, 11) is 4.86. The fourth-order valence-corrected chi connectivity index (χ4v) is 8.08. The molecule has 3 heterocycles. The predicted molar refractivity (Wildman–Crippen MR) is 217 cm³/mol. The zero-order chi connectivity index (χ0) is 43.5. The number of methoxy groups -OCH3 is 1. The van der Waals surface area contributed by atoms with Gasteiger partial charge >= 0.3 is 17.9 Å². The number of carbonyl (C=O) groups is 4. The molecule has 0 amide bonds. The maximum absolute atomic E-state index is 13.2. The van der Waals surface area contributed by atoms with E-state index in [0.29, 0.717) is 12.7 Å². The monoisotopic (exact) mass is 863 g/mol. The van der Waals surface area contributed by atoms with Crippen LogP contribution >= 0.6 is 12.4 Å². The van der Waals surface area contributed by atoms with E-state index in [9.17, 15) is 34.5 Å². The molecule has 3 N–H and O–H groups in total. The number of aldehydes is 1. The summed E-state index contributed by atoms with van der Waals surface area (Å²) in [6, 6.07) is -0.782. The lowest BCUT2D eigenvalue weighted by Crippen LogP contribution is -2.66. The molecule has 3 aliphatic heterocycles. The lowest BCUT2D eigenvalue weighted by atomic mass is 9.82. The third-order valence-electron chi connectivity index (χ3n) is 10.9. The summed E-state index contributed by atoms with van der Waals surface area (Å²) in [4.78, 5) is 52.3. The number of halogens is 1. The lowest BCUT2D eigenvalue weighted by Gasteiger charge is -2.50. The Morgan fingerprint density at radius 2 is 1.69 bits per heavy atom. The van der Waals surface area contributed by atoms with E-state index in [1.165, 1.54) is 14.0 Å². The number of allylic oxidation sites excluding steroid dienone is 2. The molecular formula is C42H70ClNO15. The second kappa shape index (κ2) is 24.2. The van der Waals surface area contributed by atoms with Crippen molar-refractivity contribution in [2.45, 2.75) is 179 Å². The van der Waals surface area contributed by atoms with Crippen molar-refractivity contribution in [3.8, 4) is 0 Å². The van der Waals surface area contributed by atoms with Crippen LogP contribution in [0.5, 0.6) is 0 Å². The Morgan fingerprint density at radius 1 is 1.02 bits per heavy atom. The van der Waals surface area contributed by atoms with E-state index < -0.39 is 121 Å². The van der Waals surface area contributed by atoms with Crippen LogP contribution in [0.15, 0.2) is 24.3 Å². The van der Waals surface area contributed by atoms with Crippen molar-refractivity contribution in [1.82, 2.24) is 4.90 Å². The smallest absolute Gasteiger partial charge is 0.309 e. The number of carbonyl (C=O) groups excluding carboxylic acids is 4. The van der Waals surface area contributed by atoms with Gasteiger partial charge in [-0.05, 0) is 66.0 Å². The lowest BCUT2D eigenvalue weighted by molar-refractivity contribution is -0.344. The second-order valence-corrected chi connectivity index (χ2v) is 17.0. The Hall–Kier alpha value is -2.51. The molecule has 2 fully saturated rings. The van der Waals surface area contributed by atoms with Crippen molar-refractivity contribution in [2.24, 2.45) is 17.8 Å². The number of rotatable bonds is 12. The summed E-state index contributed by atoms with van der Waals surface area (Å²) >= 11 is 0. The summed E-state index contributed by atoms with van der Waals surface area (Å²) in [5, 5.41) is 34.6. The third-order valence-corrected chi connectivity index (χ3v) is 10.9. The van der Waals surface area contributed by atoms with Crippen LogP contribution in [-0.4, -0.2) is 151 Å². The number of hydrogen-bond acceptors (Lipinski definition) is 16. The first-order chi connectivity index (χ1) is 27.2. The van der Waals surface area contributed by atoms with Gasteiger partial charge in [0, 0.05) is 39.7 Å². The van der Waals surface area contributed by atoms with Gasteiger partial charge in [0.1, 0.15) is 42.4 Å². The van der Waals surface area contributed by atoms with Crippen LogP contribution in [0.2, 0.25) is 0 Å². The standard InChI is InChI=1S/C42H69NO15.ClH/c1-23(2)19-32(47)56-40-27(6)53-34(22-42(40,8)50)57-37-26(5)54-41(36(49)35(37)43(9)10)58-38-29(17-18-44)20-24(3)30(46)16-14-12-13-15-25(4)52-33(48)21-31(39(38)51-11)55-28(7)45;/h12-14,16,18,23-27,29-31,34-41,46,49-50H,15,17,19-22H2,1-11H3;1H/t24?,25?,26?,27?,29?,30?,31?,34?,35?,36?,37?,38?,39?,40?,41?,42-;/m1./s1. The normalized spacial score (nSPS) is 38.9. The highest BCUT2D eigenvalue weighted by molar-refractivity contribution is 5.85. The summed E-state index contributed by atoms with van der Waals surface area (Å²) in [6.45, 7) is 13.5. The van der Waals surface area contributed by atoms with Crippen LogP contribution in [0.1, 0.15) is 93.9 Å². The van der Waals surface area contributed by atoms with E-state index in [1.807, 2.05) is 20.8 Å². The summed E-state index contributed by atoms with van der Waals surface area (Å²) in [6.07, 6.45) is -4.11. The average Bonchev–Trinajstić information content (AvgIpc) is 3.09. The zero-order valence-corrected chi connectivity index (χ0v) is 37.3. The first-order valence-corrected chi connectivity index (χ1v) is 20.4. The van der Waals surface area contributed by atoms with Gasteiger partial charge in [-0.15, -0.1) is 12.4 Å². The van der Waals surface area contributed by atoms with Crippen molar-refractivity contribution in [2.75, 3.05) is 21.2 Å². The van der Waals surface area contributed by atoms with Gasteiger partial charge in [0.15, 0.2) is 18.7 Å². The van der Waals surface area contributed by atoms with Crippen molar-refractivity contribution in [3.05, 3.63) is 24.3 Å². The van der Waals surface area contributed by atoms with E-state index in [1.54, 1.807) is 71.0 Å². The molecular weight excluding hydrogens is 794 g/mol. The number of ether oxygens (including phenoxy) is 8. The molecule has 0 radical (unpaired) electrons. The van der Waals surface area contributed by atoms with Gasteiger partial charge in [0.25, 0.3) is 0 Å². The molecule has 59 heavy (non-hydrogen) atoms. The highest BCUT2D eigenvalue weighted by Crippen LogP contribution is 2.38. The van der Waals surface area contributed by atoms with E-state index >= 15 is 0 Å². The van der Waals surface area contributed by atoms with Crippen molar-refractivity contribution >= 4 is 36.6 Å². The van der Waals surface area contributed by atoms with Crippen molar-refractivity contribution in [1.29, 1.82) is 0 Å². The maximum atomic E-state index is 13.2. The van der Waals surface area contributed by atoms with E-state index in [4.69, 9.17) is 37.9 Å².